The summed E-state index contributed by atoms with van der Waals surface area (Å²) >= 11 is 25.1. The summed E-state index contributed by atoms with van der Waals surface area (Å²) in [6, 6.07) is 6.40. The van der Waals surface area contributed by atoms with Crippen molar-refractivity contribution in [1.29, 1.82) is 0 Å². The van der Waals surface area contributed by atoms with Crippen molar-refractivity contribution in [1.82, 2.24) is 20.2 Å². The molecule has 1 heterocycles. The Bertz CT molecular complexity index is 1400. The van der Waals surface area contributed by atoms with Crippen molar-refractivity contribution in [2.75, 3.05) is 11.9 Å². The molecule has 0 bridgehead atoms. The van der Waals surface area contributed by atoms with Crippen molar-refractivity contribution in [2.45, 2.75) is 38.1 Å². The second-order valence-electron chi connectivity index (χ2n) is 10.2. The summed E-state index contributed by atoms with van der Waals surface area (Å²) in [5.41, 5.74) is 1.70. The van der Waals surface area contributed by atoms with E-state index in [1.165, 1.54) is 12.1 Å². The molecule has 1 fully saturated rings. The predicted octanol–water partition coefficient (Wildman–Crippen LogP) is 5.92. The summed E-state index contributed by atoms with van der Waals surface area (Å²) in [4.78, 5) is 29.5. The Morgan fingerprint density at radius 1 is 1.19 bits per heavy atom. The van der Waals surface area contributed by atoms with E-state index in [9.17, 15) is 14.7 Å². The second-order valence-corrected chi connectivity index (χ2v) is 12.5. The number of aryl methyl sites for hydroxylation is 1. The molecule has 1 saturated carbocycles. The lowest BCUT2D eigenvalue weighted by Crippen LogP contribution is -2.34. The zero-order valence-electron chi connectivity index (χ0n) is 20.7. The molecule has 4 rings (SSSR count). The molecule has 0 saturated heterocycles. The molecule has 1 atom stereocenters. The summed E-state index contributed by atoms with van der Waals surface area (Å²) in [5.74, 6) is -0.385. The molecule has 4 N–H and O–H groups in total. The van der Waals surface area contributed by atoms with E-state index >= 15 is 0 Å². The molecule has 2 amide bonds. The van der Waals surface area contributed by atoms with Gasteiger partial charge in [0.2, 0.25) is 11.9 Å². The number of phenols is 1. The standard InChI is InChI=1S/C25H27Cl4N5O3/c1-24(2,3)22(37)31-10-12-5-6-15(26)20(19(12)27)33-23-32-16-7-14(18(35)8-17(16)34(23)4)21(36)30-11-13-9-25(13,28)29/h5-8,13,35H,9-11H2,1-4H3,(H,30,36)(H,31,37)(H,32,33). The summed E-state index contributed by atoms with van der Waals surface area (Å²) in [7, 11) is 1.75. The van der Waals surface area contributed by atoms with Gasteiger partial charge in [0.1, 0.15) is 10.1 Å². The number of nitrogens with one attached hydrogen (secondary N) is 3. The number of aromatic hydroxyl groups is 1. The number of amides is 2. The molecule has 3 aromatic rings. The smallest absolute Gasteiger partial charge is 0.255 e. The van der Waals surface area contributed by atoms with Crippen LogP contribution < -0.4 is 16.0 Å². The van der Waals surface area contributed by atoms with Crippen LogP contribution in [0.15, 0.2) is 24.3 Å². The Kier molecular flexibility index (Phi) is 7.51. The third kappa shape index (κ3) is 5.87. The lowest BCUT2D eigenvalue weighted by molar-refractivity contribution is -0.128. The SMILES string of the molecule is Cn1c(Nc2c(Cl)ccc(CNC(=O)C(C)(C)C)c2Cl)nc2cc(C(=O)NCC3CC3(Cl)Cl)c(O)cc21. The van der Waals surface area contributed by atoms with Crippen molar-refractivity contribution in [3.63, 3.8) is 0 Å². The Hall–Kier alpha value is -2.39. The first-order valence-corrected chi connectivity index (χ1v) is 13.1. The Morgan fingerprint density at radius 3 is 2.49 bits per heavy atom. The number of fused-ring (bicyclic) bond motifs is 1. The van der Waals surface area contributed by atoms with Gasteiger partial charge in [-0.15, -0.1) is 23.2 Å². The average molecular weight is 587 g/mol. The molecule has 0 aliphatic heterocycles. The van der Waals surface area contributed by atoms with Gasteiger partial charge in [0, 0.05) is 37.5 Å². The Morgan fingerprint density at radius 2 is 1.86 bits per heavy atom. The molecule has 2 aromatic carbocycles. The van der Waals surface area contributed by atoms with Crippen LogP contribution in [0.1, 0.15) is 43.1 Å². The van der Waals surface area contributed by atoms with E-state index in [2.05, 4.69) is 20.9 Å². The van der Waals surface area contributed by atoms with E-state index < -0.39 is 15.7 Å². The fourth-order valence-electron chi connectivity index (χ4n) is 3.72. The van der Waals surface area contributed by atoms with Crippen LogP contribution >= 0.6 is 46.4 Å². The van der Waals surface area contributed by atoms with Crippen molar-refractivity contribution >= 4 is 80.9 Å². The highest BCUT2D eigenvalue weighted by atomic mass is 35.5. The minimum absolute atomic E-state index is 0.0247. The molecular weight excluding hydrogens is 560 g/mol. The number of alkyl halides is 2. The van der Waals surface area contributed by atoms with E-state index in [-0.39, 0.29) is 29.7 Å². The molecule has 0 spiro atoms. The first-order chi connectivity index (χ1) is 17.2. The van der Waals surface area contributed by atoms with Crippen LogP contribution in [0, 0.1) is 11.3 Å². The predicted molar refractivity (Wildman–Crippen MR) is 148 cm³/mol. The van der Waals surface area contributed by atoms with Crippen LogP contribution in [-0.4, -0.2) is 37.4 Å². The monoisotopic (exact) mass is 585 g/mol. The molecule has 1 unspecified atom stereocenters. The topological polar surface area (TPSA) is 108 Å². The van der Waals surface area contributed by atoms with Crippen LogP contribution in [0.5, 0.6) is 5.75 Å². The number of nitrogens with zero attached hydrogens (tertiary/aromatic N) is 2. The van der Waals surface area contributed by atoms with Gasteiger partial charge in [0.25, 0.3) is 5.91 Å². The first kappa shape index (κ1) is 27.6. The molecule has 198 valence electrons. The largest absolute Gasteiger partial charge is 0.507 e. The highest BCUT2D eigenvalue weighted by molar-refractivity contribution is 6.50. The van der Waals surface area contributed by atoms with Gasteiger partial charge >= 0.3 is 0 Å². The maximum atomic E-state index is 12.7. The first-order valence-electron chi connectivity index (χ1n) is 11.6. The Balaban J connectivity index is 1.57. The fourth-order valence-corrected chi connectivity index (χ4v) is 4.78. The summed E-state index contributed by atoms with van der Waals surface area (Å²) in [6.07, 6.45) is 0.603. The van der Waals surface area contributed by atoms with E-state index in [0.717, 1.165) is 0 Å². The van der Waals surface area contributed by atoms with E-state index in [1.807, 2.05) is 20.8 Å². The number of rotatable bonds is 7. The molecule has 1 aromatic heterocycles. The number of phenolic OH excluding ortho intramolecular Hbond substituents is 1. The van der Waals surface area contributed by atoms with Crippen molar-refractivity contribution < 1.29 is 14.7 Å². The molecule has 1 aliphatic rings. The second kappa shape index (κ2) is 10.1. The Labute approximate surface area is 234 Å². The minimum atomic E-state index is -0.807. The zero-order valence-corrected chi connectivity index (χ0v) is 23.7. The van der Waals surface area contributed by atoms with Crippen LogP contribution in [0.25, 0.3) is 11.0 Å². The van der Waals surface area contributed by atoms with E-state index in [1.54, 1.807) is 23.7 Å². The molecule has 0 radical (unpaired) electrons. The summed E-state index contributed by atoms with van der Waals surface area (Å²) < 4.78 is 0.899. The van der Waals surface area contributed by atoms with Gasteiger partial charge in [-0.2, -0.15) is 0 Å². The normalized spacial score (nSPS) is 16.5. The van der Waals surface area contributed by atoms with Gasteiger partial charge in [-0.1, -0.05) is 50.0 Å². The van der Waals surface area contributed by atoms with Crippen molar-refractivity contribution in [3.05, 3.63) is 45.4 Å². The maximum Gasteiger partial charge on any atom is 0.255 e. The quantitative estimate of drug-likeness (QED) is 0.257. The van der Waals surface area contributed by atoms with E-state index in [4.69, 9.17) is 46.4 Å². The number of carbonyl (C=O) groups is 2. The number of benzene rings is 2. The zero-order chi connectivity index (χ0) is 27.3. The molecule has 1 aliphatic carbocycles. The van der Waals surface area contributed by atoms with Gasteiger partial charge in [0.15, 0.2) is 0 Å². The lowest BCUT2D eigenvalue weighted by atomic mass is 9.95. The van der Waals surface area contributed by atoms with Gasteiger partial charge in [-0.05, 0) is 24.1 Å². The number of halogens is 4. The van der Waals surface area contributed by atoms with Crippen molar-refractivity contribution in [2.24, 2.45) is 18.4 Å². The van der Waals surface area contributed by atoms with Crippen LogP contribution in [-0.2, 0) is 18.4 Å². The van der Waals surface area contributed by atoms with Crippen LogP contribution in [0.2, 0.25) is 10.0 Å². The number of hydrogen-bond acceptors (Lipinski definition) is 5. The van der Waals surface area contributed by atoms with Gasteiger partial charge in [-0.3, -0.25) is 9.59 Å². The highest BCUT2D eigenvalue weighted by Gasteiger charge is 2.51. The fraction of sp³-hybridized carbons (Fsp3) is 0.400. The average Bonchev–Trinajstić information content (AvgIpc) is 3.32. The van der Waals surface area contributed by atoms with Crippen LogP contribution in [0.4, 0.5) is 11.6 Å². The maximum absolute atomic E-state index is 12.7. The molecular formula is C25H27Cl4N5O3. The number of carbonyl (C=O) groups excluding carboxylic acids is 2. The third-order valence-electron chi connectivity index (χ3n) is 6.24. The summed E-state index contributed by atoms with van der Waals surface area (Å²) in [6.45, 7) is 6.02. The van der Waals surface area contributed by atoms with Gasteiger partial charge < -0.3 is 25.6 Å². The van der Waals surface area contributed by atoms with Crippen molar-refractivity contribution in [3.8, 4) is 5.75 Å². The molecule has 37 heavy (non-hydrogen) atoms. The number of aromatic nitrogens is 2. The lowest BCUT2D eigenvalue weighted by Gasteiger charge is -2.19. The highest BCUT2D eigenvalue weighted by Crippen LogP contribution is 2.52. The van der Waals surface area contributed by atoms with Gasteiger partial charge in [0.05, 0.1) is 32.3 Å². The minimum Gasteiger partial charge on any atom is -0.507 e. The van der Waals surface area contributed by atoms with Gasteiger partial charge in [-0.25, -0.2) is 4.98 Å². The number of hydrogen-bond donors (Lipinski definition) is 4. The summed E-state index contributed by atoms with van der Waals surface area (Å²) in [5, 5.41) is 20.0. The third-order valence-corrected chi connectivity index (χ3v) is 7.91. The van der Waals surface area contributed by atoms with Crippen LogP contribution in [0.3, 0.4) is 0 Å². The van der Waals surface area contributed by atoms with E-state index in [0.29, 0.717) is 51.2 Å². The number of imidazole rings is 1. The molecule has 12 heteroatoms. The molecule has 8 nitrogen and oxygen atoms in total. The number of anilines is 2.